The predicted octanol–water partition coefficient (Wildman–Crippen LogP) is 3.36. The Bertz CT molecular complexity index is 798. The van der Waals surface area contributed by atoms with Gasteiger partial charge >= 0.3 is 0 Å². The van der Waals surface area contributed by atoms with Crippen LogP contribution in [0.15, 0.2) is 22.9 Å². The Morgan fingerprint density at radius 3 is 2.65 bits per heavy atom. The molecule has 0 bridgehead atoms. The van der Waals surface area contributed by atoms with Crippen molar-refractivity contribution in [2.45, 2.75) is 38.6 Å². The molecule has 0 saturated carbocycles. The minimum Gasteiger partial charge on any atom is -0.492 e. The van der Waals surface area contributed by atoms with Gasteiger partial charge in [0, 0.05) is 0 Å². The molecular formula is C16H20N4O2S. The van der Waals surface area contributed by atoms with Crippen molar-refractivity contribution in [3.63, 3.8) is 0 Å². The molecule has 23 heavy (non-hydrogen) atoms. The monoisotopic (exact) mass is 332 g/mol. The summed E-state index contributed by atoms with van der Waals surface area (Å²) < 4.78 is 7.43. The molecule has 122 valence electrons. The average molecular weight is 332 g/mol. The fourth-order valence-electron chi connectivity index (χ4n) is 3.30. The number of rotatable bonds is 3. The average Bonchev–Trinajstić information content (AvgIpc) is 3.16. The molecule has 3 aromatic heterocycles. The molecule has 0 spiro atoms. The van der Waals surface area contributed by atoms with Crippen LogP contribution in [0, 0.1) is 6.92 Å². The fourth-order valence-corrected chi connectivity index (χ4v) is 4.37. The summed E-state index contributed by atoms with van der Waals surface area (Å²) >= 11 is 1.48. The maximum Gasteiger partial charge on any atom is 0.230 e. The quantitative estimate of drug-likeness (QED) is 0.796. The number of thiazole rings is 1. The second-order valence-electron chi connectivity index (χ2n) is 6.05. The van der Waals surface area contributed by atoms with Crippen molar-refractivity contribution < 1.29 is 9.52 Å². The first-order valence-electron chi connectivity index (χ1n) is 8.06. The van der Waals surface area contributed by atoms with Gasteiger partial charge in [-0.2, -0.15) is 9.61 Å². The number of furan rings is 1. The van der Waals surface area contributed by atoms with E-state index in [1.807, 2.05) is 19.1 Å². The SMILES string of the molecule is Cc1ccc([C@@H](c2sc3ncnn3c2O)N2CCCCCC2)o1. The van der Waals surface area contributed by atoms with Crippen LogP contribution in [0.25, 0.3) is 4.96 Å². The standard InChI is InChI=1S/C16H20N4O2S/c1-11-6-7-12(22-11)13(19-8-4-2-3-5-9-19)14-15(21)20-16(23-14)17-10-18-20/h6-7,10,13,21H,2-5,8-9H2,1H3/t13-/m0/s1. The summed E-state index contributed by atoms with van der Waals surface area (Å²) in [5, 5.41) is 14.7. The van der Waals surface area contributed by atoms with E-state index in [1.165, 1.54) is 47.9 Å². The zero-order chi connectivity index (χ0) is 15.8. The van der Waals surface area contributed by atoms with Gasteiger partial charge in [-0.1, -0.05) is 24.2 Å². The molecule has 0 unspecified atom stereocenters. The Kier molecular flexibility index (Phi) is 3.82. The molecule has 0 aromatic carbocycles. The van der Waals surface area contributed by atoms with Gasteiger partial charge in [0.25, 0.3) is 0 Å². The van der Waals surface area contributed by atoms with Crippen LogP contribution in [0.3, 0.4) is 0 Å². The molecule has 4 heterocycles. The van der Waals surface area contributed by atoms with Crippen molar-refractivity contribution in [3.8, 4) is 5.88 Å². The molecule has 3 aromatic rings. The van der Waals surface area contributed by atoms with Gasteiger partial charge in [-0.05, 0) is 45.0 Å². The third-order valence-corrected chi connectivity index (χ3v) is 5.51. The molecule has 1 aliphatic heterocycles. The number of fused-ring (bicyclic) bond motifs is 1. The maximum absolute atomic E-state index is 10.6. The summed E-state index contributed by atoms with van der Waals surface area (Å²) in [5.74, 6) is 1.94. The van der Waals surface area contributed by atoms with Gasteiger partial charge in [0.1, 0.15) is 23.9 Å². The number of aromatic nitrogens is 3. The zero-order valence-corrected chi connectivity index (χ0v) is 13.9. The van der Waals surface area contributed by atoms with E-state index in [0.717, 1.165) is 29.5 Å². The topological polar surface area (TPSA) is 66.8 Å². The molecule has 7 heteroatoms. The van der Waals surface area contributed by atoms with Gasteiger partial charge in [0.2, 0.25) is 10.8 Å². The number of hydrogen-bond donors (Lipinski definition) is 1. The van der Waals surface area contributed by atoms with Crippen molar-refractivity contribution in [1.29, 1.82) is 0 Å². The first-order chi connectivity index (χ1) is 11.2. The van der Waals surface area contributed by atoms with Crippen molar-refractivity contribution in [2.75, 3.05) is 13.1 Å². The first-order valence-corrected chi connectivity index (χ1v) is 8.87. The van der Waals surface area contributed by atoms with E-state index >= 15 is 0 Å². The smallest absolute Gasteiger partial charge is 0.230 e. The number of aryl methyl sites for hydroxylation is 1. The highest BCUT2D eigenvalue weighted by atomic mass is 32.1. The van der Waals surface area contributed by atoms with Crippen molar-refractivity contribution in [2.24, 2.45) is 0 Å². The zero-order valence-electron chi connectivity index (χ0n) is 13.1. The molecular weight excluding hydrogens is 312 g/mol. The molecule has 1 atom stereocenters. The largest absolute Gasteiger partial charge is 0.492 e. The number of nitrogens with zero attached hydrogens (tertiary/aromatic N) is 4. The van der Waals surface area contributed by atoms with E-state index in [4.69, 9.17) is 4.42 Å². The minimum atomic E-state index is -0.0738. The van der Waals surface area contributed by atoms with Gasteiger partial charge in [0.05, 0.1) is 4.88 Å². The van der Waals surface area contributed by atoms with Crippen LogP contribution in [0.5, 0.6) is 5.88 Å². The lowest BCUT2D eigenvalue weighted by molar-refractivity contribution is 0.208. The minimum absolute atomic E-state index is 0.0738. The Balaban J connectivity index is 1.80. The second-order valence-corrected chi connectivity index (χ2v) is 7.05. The first kappa shape index (κ1) is 14.7. The number of aromatic hydroxyl groups is 1. The predicted molar refractivity (Wildman–Crippen MR) is 87.9 cm³/mol. The Labute approximate surface area is 138 Å². The molecule has 1 N–H and O–H groups in total. The molecule has 4 rings (SSSR count). The molecule has 1 saturated heterocycles. The van der Waals surface area contributed by atoms with Crippen LogP contribution in [0.4, 0.5) is 0 Å². The van der Waals surface area contributed by atoms with Gasteiger partial charge in [-0.3, -0.25) is 4.90 Å². The van der Waals surface area contributed by atoms with Crippen molar-refractivity contribution in [1.82, 2.24) is 19.5 Å². The van der Waals surface area contributed by atoms with E-state index in [9.17, 15) is 5.11 Å². The van der Waals surface area contributed by atoms with Crippen molar-refractivity contribution in [3.05, 3.63) is 34.9 Å². The lowest BCUT2D eigenvalue weighted by Crippen LogP contribution is -2.30. The van der Waals surface area contributed by atoms with Crippen LogP contribution >= 0.6 is 11.3 Å². The van der Waals surface area contributed by atoms with Crippen LogP contribution in [-0.4, -0.2) is 37.7 Å². The van der Waals surface area contributed by atoms with Gasteiger partial charge in [-0.15, -0.1) is 0 Å². The van der Waals surface area contributed by atoms with E-state index in [0.29, 0.717) is 4.96 Å². The molecule has 1 aliphatic rings. The van der Waals surface area contributed by atoms with E-state index in [2.05, 4.69) is 15.0 Å². The Morgan fingerprint density at radius 1 is 1.22 bits per heavy atom. The summed E-state index contributed by atoms with van der Waals surface area (Å²) in [6, 6.07) is 3.92. The lowest BCUT2D eigenvalue weighted by Gasteiger charge is -2.28. The molecule has 1 fully saturated rings. The van der Waals surface area contributed by atoms with Crippen LogP contribution < -0.4 is 0 Å². The highest BCUT2D eigenvalue weighted by Crippen LogP contribution is 2.40. The highest BCUT2D eigenvalue weighted by Gasteiger charge is 2.31. The maximum atomic E-state index is 10.6. The Hall–Kier alpha value is -1.86. The van der Waals surface area contributed by atoms with E-state index in [-0.39, 0.29) is 11.9 Å². The van der Waals surface area contributed by atoms with Gasteiger partial charge in [-0.25, -0.2) is 4.98 Å². The summed E-state index contributed by atoms with van der Waals surface area (Å²) in [7, 11) is 0. The molecule has 0 radical (unpaired) electrons. The normalized spacial score (nSPS) is 18.3. The summed E-state index contributed by atoms with van der Waals surface area (Å²) in [6.07, 6.45) is 6.35. The summed E-state index contributed by atoms with van der Waals surface area (Å²) in [6.45, 7) is 3.97. The summed E-state index contributed by atoms with van der Waals surface area (Å²) in [4.78, 5) is 8.19. The molecule has 0 aliphatic carbocycles. The van der Waals surface area contributed by atoms with E-state index < -0.39 is 0 Å². The second kappa shape index (κ2) is 5.98. The fraction of sp³-hybridized carbons (Fsp3) is 0.500. The lowest BCUT2D eigenvalue weighted by atomic mass is 10.1. The molecule has 6 nitrogen and oxygen atoms in total. The van der Waals surface area contributed by atoms with E-state index in [1.54, 1.807) is 0 Å². The summed E-state index contributed by atoms with van der Waals surface area (Å²) in [5.41, 5.74) is 0. The van der Waals surface area contributed by atoms with Crippen LogP contribution in [0.2, 0.25) is 0 Å². The Morgan fingerprint density at radius 2 is 2.00 bits per heavy atom. The highest BCUT2D eigenvalue weighted by molar-refractivity contribution is 7.17. The van der Waals surface area contributed by atoms with Crippen LogP contribution in [0.1, 0.15) is 48.1 Å². The van der Waals surface area contributed by atoms with Gasteiger partial charge < -0.3 is 9.52 Å². The van der Waals surface area contributed by atoms with Crippen molar-refractivity contribution >= 4 is 16.3 Å². The number of hydrogen-bond acceptors (Lipinski definition) is 6. The van der Waals surface area contributed by atoms with Crippen LogP contribution in [-0.2, 0) is 0 Å². The molecule has 0 amide bonds. The number of likely N-dealkylation sites (tertiary alicyclic amines) is 1. The van der Waals surface area contributed by atoms with Gasteiger partial charge in [0.15, 0.2) is 0 Å². The third-order valence-electron chi connectivity index (χ3n) is 4.42. The third kappa shape index (κ3) is 2.64.